The van der Waals surface area contributed by atoms with E-state index in [1.807, 2.05) is 4.90 Å². The van der Waals surface area contributed by atoms with Crippen LogP contribution in [0.4, 0.5) is 0 Å². The molecule has 2 atom stereocenters. The van der Waals surface area contributed by atoms with E-state index in [9.17, 15) is 4.79 Å². The summed E-state index contributed by atoms with van der Waals surface area (Å²) in [7, 11) is 1.61. The van der Waals surface area contributed by atoms with Gasteiger partial charge in [-0.25, -0.2) is 0 Å². The molecule has 1 fully saturated rings. The zero-order valence-corrected chi connectivity index (χ0v) is 12.6. The molecule has 0 aromatic rings. The fourth-order valence-corrected chi connectivity index (χ4v) is 2.40. The summed E-state index contributed by atoms with van der Waals surface area (Å²) in [5, 5.41) is 0. The molecule has 1 aliphatic rings. The van der Waals surface area contributed by atoms with E-state index in [1.165, 1.54) is 6.42 Å². The van der Waals surface area contributed by atoms with Gasteiger partial charge in [0, 0.05) is 26.7 Å². The van der Waals surface area contributed by atoms with Crippen LogP contribution in [-0.4, -0.2) is 43.7 Å². The SMILES string of the molecule is CCC1(C)CCCN(C(=O)CC(CN)OC)C1.Cl. The summed E-state index contributed by atoms with van der Waals surface area (Å²) >= 11 is 0. The molecule has 5 heteroatoms. The van der Waals surface area contributed by atoms with Crippen molar-refractivity contribution in [2.24, 2.45) is 11.1 Å². The van der Waals surface area contributed by atoms with Crippen LogP contribution in [0.3, 0.4) is 0 Å². The molecule has 1 heterocycles. The summed E-state index contributed by atoms with van der Waals surface area (Å²) in [5.41, 5.74) is 5.84. The van der Waals surface area contributed by atoms with Crippen molar-refractivity contribution in [2.75, 3.05) is 26.7 Å². The highest BCUT2D eigenvalue weighted by molar-refractivity contribution is 5.85. The molecule has 1 aliphatic heterocycles. The lowest BCUT2D eigenvalue weighted by atomic mass is 9.79. The molecule has 1 amide bonds. The van der Waals surface area contributed by atoms with Gasteiger partial charge in [0.15, 0.2) is 0 Å². The number of methoxy groups -OCH3 is 1. The van der Waals surface area contributed by atoms with E-state index in [2.05, 4.69) is 13.8 Å². The molecule has 108 valence electrons. The van der Waals surface area contributed by atoms with Crippen LogP contribution >= 0.6 is 12.4 Å². The van der Waals surface area contributed by atoms with Crippen LogP contribution in [0.15, 0.2) is 0 Å². The van der Waals surface area contributed by atoms with Gasteiger partial charge in [0.05, 0.1) is 12.5 Å². The van der Waals surface area contributed by atoms with E-state index >= 15 is 0 Å². The quantitative estimate of drug-likeness (QED) is 0.834. The number of likely N-dealkylation sites (tertiary alicyclic amines) is 1. The molecular formula is C13H27ClN2O2. The fourth-order valence-electron chi connectivity index (χ4n) is 2.40. The molecule has 0 saturated carbocycles. The number of halogens is 1. The number of carbonyl (C=O) groups excluding carboxylic acids is 1. The van der Waals surface area contributed by atoms with Crippen LogP contribution in [-0.2, 0) is 9.53 Å². The number of rotatable bonds is 5. The summed E-state index contributed by atoms with van der Waals surface area (Å²) in [5.74, 6) is 0.182. The summed E-state index contributed by atoms with van der Waals surface area (Å²) in [6.45, 7) is 6.63. The molecule has 0 aliphatic carbocycles. The lowest BCUT2D eigenvalue weighted by Crippen LogP contribution is -2.46. The van der Waals surface area contributed by atoms with Crippen molar-refractivity contribution in [3.63, 3.8) is 0 Å². The van der Waals surface area contributed by atoms with Gasteiger partial charge in [-0.1, -0.05) is 13.8 Å². The topological polar surface area (TPSA) is 55.6 Å². The van der Waals surface area contributed by atoms with Crippen molar-refractivity contribution >= 4 is 18.3 Å². The summed E-state index contributed by atoms with van der Waals surface area (Å²) in [6, 6.07) is 0. The van der Waals surface area contributed by atoms with Crippen LogP contribution in [0.5, 0.6) is 0 Å². The predicted molar refractivity (Wildman–Crippen MR) is 75.9 cm³/mol. The molecule has 0 radical (unpaired) electrons. The van der Waals surface area contributed by atoms with E-state index in [1.54, 1.807) is 7.11 Å². The van der Waals surface area contributed by atoms with Crippen molar-refractivity contribution in [3.8, 4) is 0 Å². The Labute approximate surface area is 117 Å². The number of carbonyl (C=O) groups is 1. The summed E-state index contributed by atoms with van der Waals surface area (Å²) < 4.78 is 5.17. The maximum Gasteiger partial charge on any atom is 0.225 e. The molecular weight excluding hydrogens is 252 g/mol. The van der Waals surface area contributed by atoms with E-state index in [4.69, 9.17) is 10.5 Å². The average Bonchev–Trinajstić information content (AvgIpc) is 2.35. The normalized spacial score (nSPS) is 25.4. The Kier molecular flexibility index (Phi) is 7.83. The smallest absolute Gasteiger partial charge is 0.225 e. The third-order valence-corrected chi connectivity index (χ3v) is 3.99. The Bertz CT molecular complexity index is 259. The van der Waals surface area contributed by atoms with Crippen molar-refractivity contribution in [1.82, 2.24) is 4.90 Å². The second-order valence-electron chi connectivity index (χ2n) is 5.38. The number of ether oxygens (including phenoxy) is 1. The number of hydrogen-bond donors (Lipinski definition) is 1. The minimum absolute atomic E-state index is 0. The van der Waals surface area contributed by atoms with Crippen LogP contribution in [0.25, 0.3) is 0 Å². The minimum atomic E-state index is -0.141. The van der Waals surface area contributed by atoms with Crippen molar-refractivity contribution < 1.29 is 9.53 Å². The molecule has 2 unspecified atom stereocenters. The molecule has 0 aromatic heterocycles. The Morgan fingerprint density at radius 2 is 2.22 bits per heavy atom. The number of piperidine rings is 1. The first-order chi connectivity index (χ1) is 8.04. The van der Waals surface area contributed by atoms with Gasteiger partial charge in [0.2, 0.25) is 5.91 Å². The Hall–Kier alpha value is -0.320. The fraction of sp³-hybridized carbons (Fsp3) is 0.923. The molecule has 18 heavy (non-hydrogen) atoms. The zero-order valence-electron chi connectivity index (χ0n) is 11.8. The lowest BCUT2D eigenvalue weighted by molar-refractivity contribution is -0.137. The maximum atomic E-state index is 12.1. The van der Waals surface area contributed by atoms with E-state index in [-0.39, 0.29) is 24.4 Å². The molecule has 4 nitrogen and oxygen atoms in total. The Balaban J connectivity index is 0.00000289. The van der Waals surface area contributed by atoms with E-state index < -0.39 is 0 Å². The number of nitrogens with zero attached hydrogens (tertiary/aromatic N) is 1. The molecule has 1 saturated heterocycles. The third kappa shape index (κ3) is 4.75. The number of amides is 1. The first-order valence-corrected chi connectivity index (χ1v) is 6.55. The van der Waals surface area contributed by atoms with Gasteiger partial charge in [-0.05, 0) is 24.7 Å². The molecule has 1 rings (SSSR count). The second-order valence-corrected chi connectivity index (χ2v) is 5.38. The summed E-state index contributed by atoms with van der Waals surface area (Å²) in [6.07, 6.45) is 3.72. The second kappa shape index (κ2) is 7.97. The average molecular weight is 279 g/mol. The van der Waals surface area contributed by atoms with Gasteiger partial charge in [-0.3, -0.25) is 4.79 Å². The maximum absolute atomic E-state index is 12.1. The van der Waals surface area contributed by atoms with E-state index in [0.717, 1.165) is 25.9 Å². The monoisotopic (exact) mass is 278 g/mol. The predicted octanol–water partition coefficient (Wildman–Crippen LogP) is 1.81. The largest absolute Gasteiger partial charge is 0.380 e. The molecule has 0 aromatic carbocycles. The standard InChI is InChI=1S/C13H26N2O2.ClH/c1-4-13(2)6-5-7-15(10-13)12(16)8-11(9-14)17-3;/h11H,4-10,14H2,1-3H3;1H. The highest BCUT2D eigenvalue weighted by Gasteiger charge is 2.31. The van der Waals surface area contributed by atoms with Crippen LogP contribution in [0.2, 0.25) is 0 Å². The first-order valence-electron chi connectivity index (χ1n) is 6.55. The number of nitrogens with two attached hydrogens (primary N) is 1. The van der Waals surface area contributed by atoms with Crippen molar-refractivity contribution in [2.45, 2.75) is 45.6 Å². The van der Waals surface area contributed by atoms with Gasteiger partial charge >= 0.3 is 0 Å². The van der Waals surface area contributed by atoms with Crippen molar-refractivity contribution in [1.29, 1.82) is 0 Å². The highest BCUT2D eigenvalue weighted by Crippen LogP contribution is 2.32. The zero-order chi connectivity index (χ0) is 12.9. The molecule has 2 N–H and O–H groups in total. The van der Waals surface area contributed by atoms with Crippen LogP contribution in [0.1, 0.15) is 39.5 Å². The van der Waals surface area contributed by atoms with Gasteiger partial charge in [-0.15, -0.1) is 12.4 Å². The molecule has 0 spiro atoms. The Morgan fingerprint density at radius 1 is 1.56 bits per heavy atom. The van der Waals surface area contributed by atoms with E-state index in [0.29, 0.717) is 18.4 Å². The third-order valence-electron chi connectivity index (χ3n) is 3.99. The Morgan fingerprint density at radius 3 is 2.72 bits per heavy atom. The van der Waals surface area contributed by atoms with Gasteiger partial charge in [0.1, 0.15) is 0 Å². The lowest BCUT2D eigenvalue weighted by Gasteiger charge is -2.40. The first kappa shape index (κ1) is 17.7. The van der Waals surface area contributed by atoms with Crippen LogP contribution in [0, 0.1) is 5.41 Å². The van der Waals surface area contributed by atoms with Gasteiger partial charge in [-0.2, -0.15) is 0 Å². The summed E-state index contributed by atoms with van der Waals surface area (Å²) in [4.78, 5) is 14.1. The van der Waals surface area contributed by atoms with Crippen molar-refractivity contribution in [3.05, 3.63) is 0 Å². The molecule has 0 bridgehead atoms. The van der Waals surface area contributed by atoms with Gasteiger partial charge in [0.25, 0.3) is 0 Å². The number of hydrogen-bond acceptors (Lipinski definition) is 3. The van der Waals surface area contributed by atoms with Gasteiger partial charge < -0.3 is 15.4 Å². The van der Waals surface area contributed by atoms with Crippen LogP contribution < -0.4 is 5.73 Å². The highest BCUT2D eigenvalue weighted by atomic mass is 35.5. The minimum Gasteiger partial charge on any atom is -0.380 e.